The average Bonchev–Trinajstić information content (AvgIpc) is 2.34. The third-order valence-corrected chi connectivity index (χ3v) is 3.10. The predicted molar refractivity (Wildman–Crippen MR) is 72.3 cm³/mol. The maximum atomic E-state index is 13.2. The molecule has 18 heavy (non-hydrogen) atoms. The molecule has 0 bridgehead atoms. The van der Waals surface area contributed by atoms with Gasteiger partial charge in [-0.25, -0.2) is 4.39 Å². The molecule has 4 heteroatoms. The number of hydrogen-bond acceptors (Lipinski definition) is 3. The number of ether oxygens (including phenoxy) is 1. The largest absolute Gasteiger partial charge is 0.496 e. The Balaban J connectivity index is 2.55. The Labute approximate surface area is 109 Å². The van der Waals surface area contributed by atoms with Gasteiger partial charge < -0.3 is 15.8 Å². The van der Waals surface area contributed by atoms with Crippen molar-refractivity contribution in [3.63, 3.8) is 0 Å². The van der Waals surface area contributed by atoms with E-state index in [0.29, 0.717) is 18.5 Å². The van der Waals surface area contributed by atoms with Crippen LogP contribution in [0.4, 0.5) is 4.39 Å². The third kappa shape index (κ3) is 4.27. The Hall–Kier alpha value is -1.13. The molecule has 1 rings (SSSR count). The molecule has 0 aromatic heterocycles. The highest BCUT2D eigenvalue weighted by Crippen LogP contribution is 2.19. The second-order valence-corrected chi connectivity index (χ2v) is 4.75. The van der Waals surface area contributed by atoms with Crippen LogP contribution in [0.3, 0.4) is 0 Å². The molecule has 0 amide bonds. The number of hydrogen-bond donors (Lipinski definition) is 2. The highest BCUT2D eigenvalue weighted by Gasteiger charge is 2.11. The SMILES string of the molecule is COc1ccc(F)cc1CCNC(CN)C(C)C. The van der Waals surface area contributed by atoms with Crippen molar-refractivity contribution in [3.05, 3.63) is 29.6 Å². The van der Waals surface area contributed by atoms with E-state index in [0.717, 1.165) is 24.3 Å². The number of methoxy groups -OCH3 is 1. The van der Waals surface area contributed by atoms with Crippen LogP contribution in [0.25, 0.3) is 0 Å². The van der Waals surface area contributed by atoms with Gasteiger partial charge in [0.2, 0.25) is 0 Å². The van der Waals surface area contributed by atoms with Gasteiger partial charge in [-0.15, -0.1) is 0 Å². The molecule has 0 saturated carbocycles. The van der Waals surface area contributed by atoms with Gasteiger partial charge in [-0.05, 0) is 42.6 Å². The van der Waals surface area contributed by atoms with Crippen LogP contribution >= 0.6 is 0 Å². The van der Waals surface area contributed by atoms with Crippen molar-refractivity contribution in [2.75, 3.05) is 20.2 Å². The van der Waals surface area contributed by atoms with Crippen LogP contribution < -0.4 is 15.8 Å². The molecular formula is C14H23FN2O. The second-order valence-electron chi connectivity index (χ2n) is 4.75. The molecule has 102 valence electrons. The van der Waals surface area contributed by atoms with Crippen molar-refractivity contribution in [1.29, 1.82) is 0 Å². The van der Waals surface area contributed by atoms with Gasteiger partial charge in [0.05, 0.1) is 7.11 Å². The molecule has 3 N–H and O–H groups in total. The van der Waals surface area contributed by atoms with Crippen molar-refractivity contribution < 1.29 is 9.13 Å². The van der Waals surface area contributed by atoms with E-state index in [2.05, 4.69) is 19.2 Å². The molecule has 0 spiro atoms. The zero-order valence-electron chi connectivity index (χ0n) is 11.4. The molecule has 1 unspecified atom stereocenters. The molecule has 0 aliphatic rings. The summed E-state index contributed by atoms with van der Waals surface area (Å²) in [6, 6.07) is 4.89. The number of nitrogens with one attached hydrogen (secondary N) is 1. The van der Waals surface area contributed by atoms with Crippen molar-refractivity contribution in [3.8, 4) is 5.75 Å². The van der Waals surface area contributed by atoms with Gasteiger partial charge in [0.1, 0.15) is 11.6 Å². The van der Waals surface area contributed by atoms with Crippen LogP contribution in [0.2, 0.25) is 0 Å². The van der Waals surface area contributed by atoms with E-state index in [9.17, 15) is 4.39 Å². The lowest BCUT2D eigenvalue weighted by Gasteiger charge is -2.20. The lowest BCUT2D eigenvalue weighted by molar-refractivity contribution is 0.396. The van der Waals surface area contributed by atoms with Crippen LogP contribution in [0.15, 0.2) is 18.2 Å². The van der Waals surface area contributed by atoms with Gasteiger partial charge in [0.15, 0.2) is 0 Å². The Morgan fingerprint density at radius 2 is 2.11 bits per heavy atom. The molecule has 3 nitrogen and oxygen atoms in total. The third-order valence-electron chi connectivity index (χ3n) is 3.10. The quantitative estimate of drug-likeness (QED) is 0.782. The highest BCUT2D eigenvalue weighted by atomic mass is 19.1. The van der Waals surface area contributed by atoms with Gasteiger partial charge in [0, 0.05) is 12.6 Å². The Kier molecular flexibility index (Phi) is 6.09. The zero-order valence-corrected chi connectivity index (χ0v) is 11.4. The van der Waals surface area contributed by atoms with Crippen molar-refractivity contribution >= 4 is 0 Å². The minimum absolute atomic E-state index is 0.231. The van der Waals surface area contributed by atoms with E-state index in [-0.39, 0.29) is 5.82 Å². The summed E-state index contributed by atoms with van der Waals surface area (Å²) in [4.78, 5) is 0. The monoisotopic (exact) mass is 254 g/mol. The molecule has 1 atom stereocenters. The lowest BCUT2D eigenvalue weighted by atomic mass is 10.0. The summed E-state index contributed by atoms with van der Waals surface area (Å²) in [6.45, 7) is 5.64. The highest BCUT2D eigenvalue weighted by molar-refractivity contribution is 5.34. The first-order valence-electron chi connectivity index (χ1n) is 6.34. The second kappa shape index (κ2) is 7.34. The predicted octanol–water partition coefficient (Wildman–Crippen LogP) is 1.95. The average molecular weight is 254 g/mol. The van der Waals surface area contributed by atoms with Crippen LogP contribution in [-0.4, -0.2) is 26.2 Å². The van der Waals surface area contributed by atoms with E-state index in [1.165, 1.54) is 12.1 Å². The van der Waals surface area contributed by atoms with Gasteiger partial charge in [-0.1, -0.05) is 13.8 Å². The van der Waals surface area contributed by atoms with Crippen LogP contribution in [-0.2, 0) is 6.42 Å². The van der Waals surface area contributed by atoms with E-state index < -0.39 is 0 Å². The van der Waals surface area contributed by atoms with Gasteiger partial charge in [0.25, 0.3) is 0 Å². The minimum Gasteiger partial charge on any atom is -0.496 e. The summed E-state index contributed by atoms with van der Waals surface area (Å²) in [5.74, 6) is 0.987. The lowest BCUT2D eigenvalue weighted by Crippen LogP contribution is -2.41. The molecule has 0 aliphatic heterocycles. The summed E-state index contributed by atoms with van der Waals surface area (Å²) >= 11 is 0. The molecule has 1 aromatic carbocycles. The molecule has 1 aromatic rings. The first-order chi connectivity index (χ1) is 8.58. The van der Waals surface area contributed by atoms with Crippen LogP contribution in [0.5, 0.6) is 5.75 Å². The Morgan fingerprint density at radius 3 is 2.67 bits per heavy atom. The molecule has 0 saturated heterocycles. The minimum atomic E-state index is -0.231. The number of nitrogens with two attached hydrogens (primary N) is 1. The summed E-state index contributed by atoms with van der Waals surface area (Å²) in [5.41, 5.74) is 6.57. The molecule has 0 aliphatic carbocycles. The number of halogens is 1. The first kappa shape index (κ1) is 14.9. The van der Waals surface area contributed by atoms with Crippen LogP contribution in [0, 0.1) is 11.7 Å². The summed E-state index contributed by atoms with van der Waals surface area (Å²) in [6.07, 6.45) is 0.726. The van der Waals surface area contributed by atoms with Crippen molar-refractivity contribution in [2.45, 2.75) is 26.3 Å². The molecule has 0 heterocycles. The fraction of sp³-hybridized carbons (Fsp3) is 0.571. The van der Waals surface area contributed by atoms with Gasteiger partial charge in [-0.3, -0.25) is 0 Å². The Morgan fingerprint density at radius 1 is 1.39 bits per heavy atom. The van der Waals surface area contributed by atoms with Gasteiger partial charge in [-0.2, -0.15) is 0 Å². The Bertz CT molecular complexity index is 369. The number of rotatable bonds is 7. The topological polar surface area (TPSA) is 47.3 Å². The van der Waals surface area contributed by atoms with Gasteiger partial charge >= 0.3 is 0 Å². The van der Waals surface area contributed by atoms with Crippen molar-refractivity contribution in [1.82, 2.24) is 5.32 Å². The van der Waals surface area contributed by atoms with Crippen LogP contribution in [0.1, 0.15) is 19.4 Å². The van der Waals surface area contributed by atoms with E-state index in [4.69, 9.17) is 10.5 Å². The molecule has 0 fully saturated rings. The van der Waals surface area contributed by atoms with E-state index in [1.807, 2.05) is 0 Å². The molecule has 0 radical (unpaired) electrons. The van der Waals surface area contributed by atoms with E-state index >= 15 is 0 Å². The first-order valence-corrected chi connectivity index (χ1v) is 6.34. The maximum Gasteiger partial charge on any atom is 0.123 e. The summed E-state index contributed by atoms with van der Waals surface area (Å²) in [5, 5.41) is 3.39. The molecular weight excluding hydrogens is 231 g/mol. The zero-order chi connectivity index (χ0) is 13.5. The smallest absolute Gasteiger partial charge is 0.123 e. The maximum absolute atomic E-state index is 13.2. The summed E-state index contributed by atoms with van der Waals surface area (Å²) in [7, 11) is 1.60. The fourth-order valence-electron chi connectivity index (χ4n) is 1.93. The normalized spacial score (nSPS) is 12.8. The fourth-order valence-corrected chi connectivity index (χ4v) is 1.93. The standard InChI is InChI=1S/C14H23FN2O/c1-10(2)13(9-16)17-7-6-11-8-12(15)4-5-14(11)18-3/h4-5,8,10,13,17H,6-7,9,16H2,1-3H3. The summed E-state index contributed by atoms with van der Waals surface area (Å²) < 4.78 is 18.4. The van der Waals surface area contributed by atoms with Crippen molar-refractivity contribution in [2.24, 2.45) is 11.7 Å². The number of benzene rings is 1. The van der Waals surface area contributed by atoms with E-state index in [1.54, 1.807) is 13.2 Å².